The molecule has 19 heavy (non-hydrogen) atoms. The lowest BCUT2D eigenvalue weighted by Crippen LogP contribution is -2.36. The summed E-state index contributed by atoms with van der Waals surface area (Å²) in [6.45, 7) is 2.79. The number of carboxylic acid groups (broad SMARTS) is 1. The lowest BCUT2D eigenvalue weighted by Gasteiger charge is -2.30. The molecule has 0 spiro atoms. The van der Waals surface area contributed by atoms with E-state index in [1.54, 1.807) is 0 Å². The first-order valence-corrected chi connectivity index (χ1v) is 6.48. The number of aliphatic imine (C=N–C) groups is 1. The van der Waals surface area contributed by atoms with E-state index in [9.17, 15) is 4.79 Å². The summed E-state index contributed by atoms with van der Waals surface area (Å²) in [7, 11) is 0. The van der Waals surface area contributed by atoms with Crippen LogP contribution >= 0.6 is 0 Å². The van der Waals surface area contributed by atoms with Crippen molar-refractivity contribution in [1.82, 2.24) is 4.90 Å². The number of hydrogen-bond acceptors (Lipinski definition) is 3. The Labute approximate surface area is 112 Å². The van der Waals surface area contributed by atoms with Gasteiger partial charge >= 0.3 is 5.97 Å². The fourth-order valence-electron chi connectivity index (χ4n) is 2.30. The predicted octanol–water partition coefficient (Wildman–Crippen LogP) is 1.09. The molecule has 0 radical (unpaired) electrons. The number of nitrogens with two attached hydrogens (primary N) is 1. The molecular weight excluding hydrogens is 242 g/mol. The lowest BCUT2D eigenvalue weighted by molar-refractivity contribution is -0.129. The number of piperidine rings is 1. The van der Waals surface area contributed by atoms with Crippen LogP contribution in [0.25, 0.3) is 0 Å². The minimum Gasteiger partial charge on any atom is -0.475 e. The van der Waals surface area contributed by atoms with Gasteiger partial charge in [-0.1, -0.05) is 30.3 Å². The third-order valence-corrected chi connectivity index (χ3v) is 3.35. The maximum absolute atomic E-state index is 10.6. The Morgan fingerprint density at radius 3 is 2.53 bits per heavy atom. The van der Waals surface area contributed by atoms with E-state index in [1.807, 2.05) is 18.2 Å². The van der Waals surface area contributed by atoms with Gasteiger partial charge in [0.1, 0.15) is 0 Å². The molecule has 102 valence electrons. The van der Waals surface area contributed by atoms with Crippen LogP contribution in [0.4, 0.5) is 0 Å². The number of likely N-dealkylation sites (tertiary alicyclic amines) is 1. The molecule has 0 saturated carbocycles. The monoisotopic (exact) mass is 261 g/mol. The molecule has 1 aromatic carbocycles. The molecule has 1 aromatic rings. The third-order valence-electron chi connectivity index (χ3n) is 3.35. The number of carboxylic acids is 1. The van der Waals surface area contributed by atoms with Gasteiger partial charge in [-0.15, -0.1) is 0 Å². The summed E-state index contributed by atoms with van der Waals surface area (Å²) in [6, 6.07) is 10.4. The van der Waals surface area contributed by atoms with Crippen molar-refractivity contribution >= 4 is 11.8 Å². The normalized spacial score (nSPS) is 18.4. The number of hydrogen-bond donors (Lipinski definition) is 2. The van der Waals surface area contributed by atoms with E-state index < -0.39 is 5.97 Å². The lowest BCUT2D eigenvalue weighted by atomic mass is 10.0. The molecule has 5 heteroatoms. The van der Waals surface area contributed by atoms with Crippen LogP contribution in [0.3, 0.4) is 0 Å². The van der Waals surface area contributed by atoms with Gasteiger partial charge in [-0.3, -0.25) is 9.89 Å². The summed E-state index contributed by atoms with van der Waals surface area (Å²) in [6.07, 6.45) is 1.72. The highest BCUT2D eigenvalue weighted by atomic mass is 16.4. The van der Waals surface area contributed by atoms with Crippen molar-refractivity contribution in [2.24, 2.45) is 10.7 Å². The summed E-state index contributed by atoms with van der Waals surface area (Å²) >= 11 is 0. The van der Waals surface area contributed by atoms with E-state index >= 15 is 0 Å². The molecule has 0 bridgehead atoms. The number of aliphatic carboxylic acids is 1. The topological polar surface area (TPSA) is 78.9 Å². The molecule has 0 aliphatic carbocycles. The van der Waals surface area contributed by atoms with Gasteiger partial charge in [-0.25, -0.2) is 4.79 Å². The minimum atomic E-state index is -1.13. The molecule has 1 fully saturated rings. The summed E-state index contributed by atoms with van der Waals surface area (Å²) in [4.78, 5) is 17.0. The predicted molar refractivity (Wildman–Crippen MR) is 74.0 cm³/mol. The summed E-state index contributed by atoms with van der Waals surface area (Å²) in [5.41, 5.74) is 6.64. The highest BCUT2D eigenvalue weighted by Gasteiger charge is 2.19. The second-order valence-electron chi connectivity index (χ2n) is 4.81. The van der Waals surface area contributed by atoms with E-state index in [0.717, 1.165) is 32.5 Å². The summed E-state index contributed by atoms with van der Waals surface area (Å²) in [5, 5.41) is 8.69. The fraction of sp³-hybridized carbons (Fsp3) is 0.429. The molecule has 0 unspecified atom stereocenters. The van der Waals surface area contributed by atoms with Gasteiger partial charge < -0.3 is 10.8 Å². The van der Waals surface area contributed by atoms with Gasteiger partial charge in [0.25, 0.3) is 0 Å². The van der Waals surface area contributed by atoms with E-state index in [2.05, 4.69) is 22.0 Å². The zero-order valence-electron chi connectivity index (χ0n) is 10.8. The van der Waals surface area contributed by atoms with E-state index in [4.69, 9.17) is 10.8 Å². The molecule has 1 aliphatic rings. The second kappa shape index (κ2) is 6.33. The molecule has 5 nitrogen and oxygen atoms in total. The molecule has 1 aliphatic heterocycles. The minimum absolute atomic E-state index is 0.0446. The van der Waals surface area contributed by atoms with Crippen molar-refractivity contribution in [3.63, 3.8) is 0 Å². The van der Waals surface area contributed by atoms with Crippen LogP contribution in [0.2, 0.25) is 0 Å². The highest BCUT2D eigenvalue weighted by molar-refractivity contribution is 6.33. The van der Waals surface area contributed by atoms with Crippen molar-refractivity contribution < 1.29 is 9.90 Å². The quantitative estimate of drug-likeness (QED) is 0.630. The Morgan fingerprint density at radius 2 is 1.95 bits per heavy atom. The Morgan fingerprint density at radius 1 is 1.32 bits per heavy atom. The number of benzene rings is 1. The standard InChI is InChI=1S/C14H19N3O2/c15-13(14(18)19)16-12-6-8-17(9-7-12)10-11-4-2-1-3-5-11/h1-5,12H,6-10H2,(H2,15,16)(H,18,19). The van der Waals surface area contributed by atoms with E-state index in [-0.39, 0.29) is 11.9 Å². The van der Waals surface area contributed by atoms with Crippen LogP contribution < -0.4 is 5.73 Å². The summed E-state index contributed by atoms with van der Waals surface area (Å²) < 4.78 is 0. The maximum Gasteiger partial charge on any atom is 0.370 e. The van der Waals surface area contributed by atoms with Crippen LogP contribution in [0.5, 0.6) is 0 Å². The number of carbonyl (C=O) groups is 1. The molecular formula is C14H19N3O2. The van der Waals surface area contributed by atoms with Gasteiger partial charge in [-0.2, -0.15) is 0 Å². The highest BCUT2D eigenvalue weighted by Crippen LogP contribution is 2.16. The van der Waals surface area contributed by atoms with Crippen LogP contribution in [-0.2, 0) is 11.3 Å². The largest absolute Gasteiger partial charge is 0.475 e. The molecule has 3 N–H and O–H groups in total. The van der Waals surface area contributed by atoms with E-state index in [1.165, 1.54) is 5.56 Å². The van der Waals surface area contributed by atoms with Crippen molar-refractivity contribution in [3.8, 4) is 0 Å². The summed E-state index contributed by atoms with van der Waals surface area (Å²) in [5.74, 6) is -1.41. The average molecular weight is 261 g/mol. The smallest absolute Gasteiger partial charge is 0.370 e. The number of nitrogens with zero attached hydrogens (tertiary/aromatic N) is 2. The van der Waals surface area contributed by atoms with Crippen molar-refractivity contribution in [3.05, 3.63) is 35.9 Å². The van der Waals surface area contributed by atoms with Gasteiger partial charge in [0.05, 0.1) is 6.04 Å². The molecule has 1 saturated heterocycles. The maximum atomic E-state index is 10.6. The van der Waals surface area contributed by atoms with Gasteiger partial charge in [0.15, 0.2) is 0 Å². The van der Waals surface area contributed by atoms with Gasteiger partial charge in [-0.05, 0) is 18.4 Å². The molecule has 0 aromatic heterocycles. The third kappa shape index (κ3) is 4.06. The first kappa shape index (κ1) is 13.5. The second-order valence-corrected chi connectivity index (χ2v) is 4.81. The van der Waals surface area contributed by atoms with E-state index in [0.29, 0.717) is 0 Å². The fourth-order valence-corrected chi connectivity index (χ4v) is 2.30. The van der Waals surface area contributed by atoms with Crippen molar-refractivity contribution in [2.45, 2.75) is 25.4 Å². The molecule has 0 atom stereocenters. The number of amidine groups is 1. The Bertz CT molecular complexity index is 451. The zero-order chi connectivity index (χ0) is 13.7. The number of rotatable bonds is 3. The van der Waals surface area contributed by atoms with Crippen LogP contribution in [-0.4, -0.2) is 40.9 Å². The Hall–Kier alpha value is -1.88. The first-order valence-electron chi connectivity index (χ1n) is 6.48. The average Bonchev–Trinajstić information content (AvgIpc) is 2.42. The van der Waals surface area contributed by atoms with Crippen molar-refractivity contribution in [2.75, 3.05) is 13.1 Å². The Balaban J connectivity index is 1.83. The molecule has 2 rings (SSSR count). The van der Waals surface area contributed by atoms with Gasteiger partial charge in [0.2, 0.25) is 5.84 Å². The Kier molecular flexibility index (Phi) is 4.52. The van der Waals surface area contributed by atoms with Crippen LogP contribution in [0.1, 0.15) is 18.4 Å². The van der Waals surface area contributed by atoms with Gasteiger partial charge in [0, 0.05) is 19.6 Å². The first-order chi connectivity index (χ1) is 9.15. The molecule has 0 amide bonds. The SMILES string of the molecule is NC(=NC1CCN(Cc2ccccc2)CC1)C(=O)O. The van der Waals surface area contributed by atoms with Crippen molar-refractivity contribution in [1.29, 1.82) is 0 Å². The van der Waals surface area contributed by atoms with Crippen LogP contribution in [0.15, 0.2) is 35.3 Å². The van der Waals surface area contributed by atoms with Crippen LogP contribution in [0, 0.1) is 0 Å². The zero-order valence-corrected chi connectivity index (χ0v) is 10.8. The molecule has 1 heterocycles.